The molecule has 4 rings (SSSR count). The number of para-hydroxylation sites is 1. The number of hydrogen-bond acceptors (Lipinski definition) is 4. The quantitative estimate of drug-likeness (QED) is 0.701. The van der Waals surface area contributed by atoms with Gasteiger partial charge in [0.2, 0.25) is 5.91 Å². The number of ether oxygens (including phenoxy) is 1. The predicted octanol–water partition coefficient (Wildman–Crippen LogP) is 2.88. The number of rotatable bonds is 6. The number of benzene rings is 1. The lowest BCUT2D eigenvalue weighted by Gasteiger charge is -2.47. The number of amides is 2. The zero-order chi connectivity index (χ0) is 22.1. The molecular weight excluding hydrogens is 390 g/mol. The Morgan fingerprint density at radius 1 is 1.06 bits per heavy atom. The molecule has 3 fully saturated rings. The molecule has 2 spiro atoms. The number of likely N-dealkylation sites (tertiary alicyclic amines) is 3. The number of carbonyl (C=O) groups excluding carboxylic acids is 2. The van der Waals surface area contributed by atoms with Crippen LogP contribution in [0.1, 0.15) is 40.0 Å². The highest BCUT2D eigenvalue weighted by molar-refractivity contribution is 5.87. The van der Waals surface area contributed by atoms with Crippen LogP contribution in [0.15, 0.2) is 30.3 Å². The van der Waals surface area contributed by atoms with Crippen LogP contribution in [0.4, 0.5) is 0 Å². The minimum Gasteiger partial charge on any atom is -0.484 e. The fourth-order valence-corrected chi connectivity index (χ4v) is 6.18. The summed E-state index contributed by atoms with van der Waals surface area (Å²) >= 11 is 0. The summed E-state index contributed by atoms with van der Waals surface area (Å²) in [5.41, 5.74) is -0.284. The molecule has 3 aliphatic heterocycles. The molecule has 31 heavy (non-hydrogen) atoms. The van der Waals surface area contributed by atoms with Crippen molar-refractivity contribution in [3.8, 4) is 5.75 Å². The van der Waals surface area contributed by atoms with Crippen molar-refractivity contribution in [2.75, 3.05) is 52.4 Å². The molecule has 3 heterocycles. The first-order chi connectivity index (χ1) is 14.9. The van der Waals surface area contributed by atoms with E-state index in [0.29, 0.717) is 24.9 Å². The lowest BCUT2D eigenvalue weighted by atomic mass is 9.60. The summed E-state index contributed by atoms with van der Waals surface area (Å²) in [5, 5.41) is 0. The molecule has 3 saturated heterocycles. The minimum atomic E-state index is -0.270. The van der Waals surface area contributed by atoms with E-state index < -0.39 is 0 Å². The summed E-state index contributed by atoms with van der Waals surface area (Å²) in [7, 11) is 0. The number of nitrogens with zero attached hydrogens (tertiary/aromatic N) is 3. The van der Waals surface area contributed by atoms with Crippen molar-refractivity contribution < 1.29 is 14.3 Å². The number of hydrogen-bond donors (Lipinski definition) is 0. The smallest absolute Gasteiger partial charge is 0.260 e. The van der Waals surface area contributed by atoms with Gasteiger partial charge < -0.3 is 19.4 Å². The van der Waals surface area contributed by atoms with E-state index in [9.17, 15) is 9.59 Å². The molecule has 1 aromatic carbocycles. The topological polar surface area (TPSA) is 53.1 Å². The van der Waals surface area contributed by atoms with E-state index in [1.54, 1.807) is 0 Å². The Balaban J connectivity index is 1.44. The van der Waals surface area contributed by atoms with E-state index in [1.807, 2.05) is 40.1 Å². The number of piperidine rings is 1. The van der Waals surface area contributed by atoms with Crippen LogP contribution in [0, 0.1) is 16.7 Å². The van der Waals surface area contributed by atoms with Gasteiger partial charge in [-0.1, -0.05) is 32.0 Å². The average molecular weight is 428 g/mol. The highest BCUT2D eigenvalue weighted by atomic mass is 16.5. The van der Waals surface area contributed by atoms with Gasteiger partial charge in [-0.2, -0.15) is 0 Å². The van der Waals surface area contributed by atoms with Crippen LogP contribution < -0.4 is 4.74 Å². The Hall–Kier alpha value is -2.08. The van der Waals surface area contributed by atoms with E-state index in [-0.39, 0.29) is 23.3 Å². The summed E-state index contributed by atoms with van der Waals surface area (Å²) < 4.78 is 5.68. The van der Waals surface area contributed by atoms with Gasteiger partial charge in [0, 0.05) is 51.2 Å². The van der Waals surface area contributed by atoms with Crippen LogP contribution in [0.5, 0.6) is 5.75 Å². The zero-order valence-corrected chi connectivity index (χ0v) is 19.3. The third-order valence-electron chi connectivity index (χ3n) is 7.72. The first kappa shape index (κ1) is 22.1. The van der Waals surface area contributed by atoms with Crippen LogP contribution in [0.25, 0.3) is 0 Å². The van der Waals surface area contributed by atoms with Crippen LogP contribution >= 0.6 is 0 Å². The van der Waals surface area contributed by atoms with Crippen molar-refractivity contribution in [2.45, 2.75) is 40.0 Å². The predicted molar refractivity (Wildman–Crippen MR) is 121 cm³/mol. The van der Waals surface area contributed by atoms with E-state index in [1.165, 1.54) is 0 Å². The molecule has 0 saturated carbocycles. The molecular formula is C25H37N3O3. The molecule has 0 aromatic heterocycles. The van der Waals surface area contributed by atoms with Gasteiger partial charge in [0.1, 0.15) is 5.75 Å². The van der Waals surface area contributed by atoms with Gasteiger partial charge in [-0.05, 0) is 44.2 Å². The summed E-state index contributed by atoms with van der Waals surface area (Å²) in [6.45, 7) is 12.7. The first-order valence-corrected chi connectivity index (χ1v) is 11.9. The van der Waals surface area contributed by atoms with Gasteiger partial charge in [0.15, 0.2) is 6.61 Å². The summed E-state index contributed by atoms with van der Waals surface area (Å²) in [4.78, 5) is 32.8. The molecule has 1 atom stereocenters. The Labute approximate surface area is 186 Å². The van der Waals surface area contributed by atoms with Crippen LogP contribution in [0.2, 0.25) is 0 Å². The molecule has 0 aliphatic carbocycles. The van der Waals surface area contributed by atoms with Gasteiger partial charge in [-0.25, -0.2) is 0 Å². The Morgan fingerprint density at radius 3 is 2.39 bits per heavy atom. The number of fused-ring (bicyclic) bond motifs is 1. The highest BCUT2D eigenvalue weighted by Crippen LogP contribution is 2.57. The van der Waals surface area contributed by atoms with E-state index >= 15 is 0 Å². The fraction of sp³-hybridized carbons (Fsp3) is 0.680. The maximum absolute atomic E-state index is 13.5. The largest absolute Gasteiger partial charge is 0.484 e. The van der Waals surface area contributed by atoms with Gasteiger partial charge in [-0.15, -0.1) is 0 Å². The second kappa shape index (κ2) is 8.81. The first-order valence-electron chi connectivity index (χ1n) is 11.9. The lowest BCUT2D eigenvalue weighted by molar-refractivity contribution is -0.144. The van der Waals surface area contributed by atoms with Gasteiger partial charge in [-0.3, -0.25) is 9.59 Å². The average Bonchev–Trinajstić information content (AvgIpc) is 3.24. The minimum absolute atomic E-state index is 0.0139. The van der Waals surface area contributed by atoms with Crippen molar-refractivity contribution >= 4 is 11.8 Å². The Morgan fingerprint density at radius 2 is 1.77 bits per heavy atom. The van der Waals surface area contributed by atoms with Crippen LogP contribution in [-0.4, -0.2) is 78.9 Å². The molecule has 6 nitrogen and oxygen atoms in total. The maximum Gasteiger partial charge on any atom is 0.260 e. The lowest BCUT2D eigenvalue weighted by Crippen LogP contribution is -2.54. The summed E-state index contributed by atoms with van der Waals surface area (Å²) in [5.74, 6) is 1.70. The summed E-state index contributed by atoms with van der Waals surface area (Å²) in [6, 6.07) is 9.49. The van der Waals surface area contributed by atoms with Crippen molar-refractivity contribution in [3.05, 3.63) is 30.3 Å². The molecule has 0 unspecified atom stereocenters. The third-order valence-corrected chi connectivity index (χ3v) is 7.72. The van der Waals surface area contributed by atoms with Crippen molar-refractivity contribution in [1.29, 1.82) is 0 Å². The number of carbonyl (C=O) groups is 2. The monoisotopic (exact) mass is 427 g/mol. The SMILES string of the molecule is CCN1CC[C@]2(CN(CC(C)C)CC23CCN(C(=O)COc2ccccc2)CC3)C1=O. The molecule has 170 valence electrons. The zero-order valence-electron chi connectivity index (χ0n) is 19.3. The molecule has 2 amide bonds. The molecule has 0 radical (unpaired) electrons. The van der Waals surface area contributed by atoms with Crippen molar-refractivity contribution in [3.63, 3.8) is 0 Å². The molecule has 1 aromatic rings. The maximum atomic E-state index is 13.5. The van der Waals surface area contributed by atoms with Gasteiger partial charge in [0.25, 0.3) is 5.91 Å². The molecule has 0 N–H and O–H groups in total. The highest BCUT2D eigenvalue weighted by Gasteiger charge is 2.64. The molecule has 0 bridgehead atoms. The molecule has 3 aliphatic rings. The van der Waals surface area contributed by atoms with E-state index in [2.05, 4.69) is 25.7 Å². The Kier molecular flexibility index (Phi) is 6.29. The standard InChI is InChI=1S/C25H37N3O3/c1-4-27-15-12-25(23(27)30)19-26(16-20(2)3)18-24(25)10-13-28(14-11-24)22(29)17-31-21-8-6-5-7-9-21/h5-9,20H,4,10-19H2,1-3H3/t25-/m0/s1. The van der Waals surface area contributed by atoms with Crippen LogP contribution in [-0.2, 0) is 9.59 Å². The van der Waals surface area contributed by atoms with Crippen molar-refractivity contribution in [1.82, 2.24) is 14.7 Å². The van der Waals surface area contributed by atoms with E-state index in [0.717, 1.165) is 57.7 Å². The Bertz CT molecular complexity index is 788. The molecule has 6 heteroatoms. The van der Waals surface area contributed by atoms with E-state index in [4.69, 9.17) is 4.74 Å². The van der Waals surface area contributed by atoms with Crippen molar-refractivity contribution in [2.24, 2.45) is 16.7 Å². The van der Waals surface area contributed by atoms with Gasteiger partial charge >= 0.3 is 0 Å². The summed E-state index contributed by atoms with van der Waals surface area (Å²) in [6.07, 6.45) is 2.77. The second-order valence-electron chi connectivity index (χ2n) is 10.0. The normalized spacial score (nSPS) is 25.9. The van der Waals surface area contributed by atoms with Gasteiger partial charge in [0.05, 0.1) is 5.41 Å². The second-order valence-corrected chi connectivity index (χ2v) is 10.0. The van der Waals surface area contributed by atoms with Crippen LogP contribution in [0.3, 0.4) is 0 Å². The fourth-order valence-electron chi connectivity index (χ4n) is 6.18. The third kappa shape index (κ3) is 4.07.